The van der Waals surface area contributed by atoms with Gasteiger partial charge in [-0.3, -0.25) is 0 Å². The third-order valence-electron chi connectivity index (χ3n) is 2.03. The van der Waals surface area contributed by atoms with Gasteiger partial charge in [-0.15, -0.1) is 0 Å². The van der Waals surface area contributed by atoms with Gasteiger partial charge >= 0.3 is 29.6 Å². The van der Waals surface area contributed by atoms with E-state index < -0.39 is 36.7 Å². The van der Waals surface area contributed by atoms with E-state index in [4.69, 9.17) is 0 Å². The molecule has 1 rings (SSSR count). The van der Waals surface area contributed by atoms with Crippen LogP contribution in [0.4, 0.5) is 0 Å². The second-order valence-electron chi connectivity index (χ2n) is 2.95. The number of methoxy groups -OCH3 is 1. The smallest absolute Gasteiger partial charge is 0.547 e. The number of aliphatic carboxylic acids is 1. The number of carboxylic acids is 1. The van der Waals surface area contributed by atoms with Gasteiger partial charge in [0.25, 0.3) is 0 Å². The van der Waals surface area contributed by atoms with Gasteiger partial charge in [0.1, 0.15) is 24.4 Å². The average molecular weight is 230 g/mol. The van der Waals surface area contributed by atoms with Gasteiger partial charge in [0.05, 0.1) is 5.97 Å². The molecule has 0 amide bonds. The minimum absolute atomic E-state index is 0. The zero-order chi connectivity index (χ0) is 10.9. The van der Waals surface area contributed by atoms with Crippen molar-refractivity contribution in [1.82, 2.24) is 0 Å². The topological polar surface area (TPSA) is 119 Å². The van der Waals surface area contributed by atoms with Gasteiger partial charge in [-0.05, 0) is 0 Å². The number of carboxylic acid groups (broad SMARTS) is 1. The van der Waals surface area contributed by atoms with Crippen molar-refractivity contribution in [3.05, 3.63) is 0 Å². The van der Waals surface area contributed by atoms with E-state index in [0.717, 1.165) is 0 Å². The predicted molar refractivity (Wildman–Crippen MR) is 38.7 cm³/mol. The SMILES string of the molecule is CO[C@@H]1OC(C(=O)[O-])[C@H](O)C(O)C1O.[Na+]. The van der Waals surface area contributed by atoms with E-state index in [1.165, 1.54) is 7.11 Å². The van der Waals surface area contributed by atoms with E-state index in [1.807, 2.05) is 0 Å². The van der Waals surface area contributed by atoms with E-state index in [2.05, 4.69) is 9.47 Å². The van der Waals surface area contributed by atoms with Crippen LogP contribution in [-0.4, -0.2) is 59.1 Å². The van der Waals surface area contributed by atoms with E-state index >= 15 is 0 Å². The molecule has 1 aliphatic heterocycles. The van der Waals surface area contributed by atoms with Crippen LogP contribution in [0.25, 0.3) is 0 Å². The Hall–Kier alpha value is 0.270. The fourth-order valence-corrected chi connectivity index (χ4v) is 1.24. The number of rotatable bonds is 2. The summed E-state index contributed by atoms with van der Waals surface area (Å²) >= 11 is 0. The van der Waals surface area contributed by atoms with Gasteiger partial charge in [-0.2, -0.15) is 0 Å². The number of aliphatic hydroxyl groups is 3. The van der Waals surface area contributed by atoms with Crippen LogP contribution < -0.4 is 34.7 Å². The van der Waals surface area contributed by atoms with E-state index in [-0.39, 0.29) is 29.6 Å². The Bertz CT molecular complexity index is 221. The van der Waals surface area contributed by atoms with E-state index in [1.54, 1.807) is 0 Å². The average Bonchev–Trinajstić information content (AvgIpc) is 2.14. The fourth-order valence-electron chi connectivity index (χ4n) is 1.24. The van der Waals surface area contributed by atoms with Crippen molar-refractivity contribution in [2.75, 3.05) is 7.11 Å². The summed E-state index contributed by atoms with van der Waals surface area (Å²) in [6.07, 6.45) is -7.88. The van der Waals surface area contributed by atoms with Crippen molar-refractivity contribution in [3.63, 3.8) is 0 Å². The maximum atomic E-state index is 10.4. The van der Waals surface area contributed by atoms with Crippen molar-refractivity contribution in [1.29, 1.82) is 0 Å². The minimum Gasteiger partial charge on any atom is -0.547 e. The monoisotopic (exact) mass is 230 g/mol. The van der Waals surface area contributed by atoms with Crippen LogP contribution in [0.15, 0.2) is 0 Å². The summed E-state index contributed by atoms with van der Waals surface area (Å²) in [6.45, 7) is 0. The van der Waals surface area contributed by atoms with E-state index in [0.29, 0.717) is 0 Å². The maximum Gasteiger partial charge on any atom is 1.00 e. The number of aliphatic hydroxyl groups excluding tert-OH is 3. The summed E-state index contributed by atoms with van der Waals surface area (Å²) in [4.78, 5) is 10.4. The number of hydrogen-bond acceptors (Lipinski definition) is 7. The van der Waals surface area contributed by atoms with Crippen LogP contribution in [-0.2, 0) is 14.3 Å². The molecule has 0 bridgehead atoms. The van der Waals surface area contributed by atoms with Crippen molar-refractivity contribution >= 4 is 5.97 Å². The molecule has 0 aliphatic carbocycles. The number of carbonyl (C=O) groups is 1. The first-order chi connectivity index (χ1) is 6.49. The molecule has 1 saturated heterocycles. The van der Waals surface area contributed by atoms with Crippen molar-refractivity contribution < 1.29 is 64.3 Å². The summed E-state index contributed by atoms with van der Waals surface area (Å²) in [5.41, 5.74) is 0. The van der Waals surface area contributed by atoms with Crippen molar-refractivity contribution in [2.24, 2.45) is 0 Å². The molecule has 8 heteroatoms. The molecule has 0 radical (unpaired) electrons. The Morgan fingerprint density at radius 1 is 1.27 bits per heavy atom. The first-order valence-electron chi connectivity index (χ1n) is 3.92. The molecule has 15 heavy (non-hydrogen) atoms. The molecule has 3 unspecified atom stereocenters. The van der Waals surface area contributed by atoms with E-state index in [9.17, 15) is 25.2 Å². The zero-order valence-electron chi connectivity index (χ0n) is 8.36. The predicted octanol–water partition coefficient (Wildman–Crippen LogP) is -6.81. The molecule has 7 nitrogen and oxygen atoms in total. The first kappa shape index (κ1) is 15.3. The van der Waals surface area contributed by atoms with Gasteiger partial charge < -0.3 is 34.7 Å². The molecule has 1 fully saturated rings. The van der Waals surface area contributed by atoms with Crippen LogP contribution in [0.1, 0.15) is 0 Å². The van der Waals surface area contributed by atoms with Crippen LogP contribution in [0, 0.1) is 0 Å². The molecule has 0 aromatic heterocycles. The van der Waals surface area contributed by atoms with Crippen LogP contribution >= 0.6 is 0 Å². The van der Waals surface area contributed by atoms with Gasteiger partial charge in [-0.25, -0.2) is 0 Å². The summed E-state index contributed by atoms with van der Waals surface area (Å²) in [7, 11) is 1.17. The Kier molecular flexibility index (Phi) is 6.23. The summed E-state index contributed by atoms with van der Waals surface area (Å²) in [5, 5.41) is 38.1. The largest absolute Gasteiger partial charge is 1.00 e. The van der Waals surface area contributed by atoms with Gasteiger partial charge in [-0.1, -0.05) is 0 Å². The third kappa shape index (κ3) is 3.11. The second-order valence-corrected chi connectivity index (χ2v) is 2.95. The van der Waals surface area contributed by atoms with Crippen molar-refractivity contribution in [3.8, 4) is 0 Å². The quantitative estimate of drug-likeness (QED) is 0.403. The van der Waals surface area contributed by atoms with Gasteiger partial charge in [0, 0.05) is 7.11 Å². The third-order valence-corrected chi connectivity index (χ3v) is 2.03. The number of ether oxygens (including phenoxy) is 2. The maximum absolute atomic E-state index is 10.4. The Morgan fingerprint density at radius 2 is 1.80 bits per heavy atom. The molecule has 0 aromatic carbocycles. The number of hydrogen-bond donors (Lipinski definition) is 3. The molecule has 0 aromatic rings. The summed E-state index contributed by atoms with van der Waals surface area (Å²) in [6, 6.07) is 0. The Morgan fingerprint density at radius 3 is 2.20 bits per heavy atom. The van der Waals surface area contributed by atoms with Gasteiger partial charge in [0.15, 0.2) is 6.29 Å². The molecule has 0 saturated carbocycles. The molecule has 5 atom stereocenters. The first-order valence-corrected chi connectivity index (χ1v) is 3.92. The Balaban J connectivity index is 0.00000196. The minimum atomic E-state index is -1.73. The standard InChI is InChI=1S/C7H12O7.Na/c1-13-7-4(10)2(8)3(9)5(14-7)6(11)12;/h2-5,7-10H,1H3,(H,11,12);/q;+1/p-1/t2?,3-,4?,5?,7-;/m1./s1. The fraction of sp³-hybridized carbons (Fsp3) is 0.857. The summed E-state index contributed by atoms with van der Waals surface area (Å²) < 4.78 is 9.22. The molecule has 3 N–H and O–H groups in total. The molecule has 1 heterocycles. The van der Waals surface area contributed by atoms with Crippen LogP contribution in [0.2, 0.25) is 0 Å². The van der Waals surface area contributed by atoms with Crippen LogP contribution in [0.3, 0.4) is 0 Å². The molecule has 0 spiro atoms. The normalized spacial score (nSPS) is 40.7. The van der Waals surface area contributed by atoms with Crippen molar-refractivity contribution in [2.45, 2.75) is 30.7 Å². The molecular weight excluding hydrogens is 219 g/mol. The molecule has 1 aliphatic rings. The summed E-state index contributed by atoms with van der Waals surface area (Å²) in [5.74, 6) is -1.68. The Labute approximate surface area is 108 Å². The molecular formula is C7H11NaO7. The second kappa shape index (κ2) is 6.12. The molecule has 82 valence electrons. The zero-order valence-corrected chi connectivity index (χ0v) is 10.4. The van der Waals surface area contributed by atoms with Gasteiger partial charge in [0.2, 0.25) is 0 Å². The van der Waals surface area contributed by atoms with Crippen LogP contribution in [0.5, 0.6) is 0 Å². The number of carbonyl (C=O) groups excluding carboxylic acids is 1.